The molecule has 4 rings (SSSR count). The van der Waals surface area contributed by atoms with Crippen molar-refractivity contribution in [3.63, 3.8) is 0 Å². The maximum Gasteiger partial charge on any atom is 0.323 e. The van der Waals surface area contributed by atoms with Gasteiger partial charge in [0.15, 0.2) is 5.82 Å². The number of ether oxygens (including phenoxy) is 2. The SMILES string of the molecule is COc1ccc(NC(=O)Nc2cccc(-c3ccc(N4CCCCC4)nn3)c2)c(OC)c1. The van der Waals surface area contributed by atoms with Crippen LogP contribution in [0.25, 0.3) is 11.3 Å². The molecule has 1 aliphatic rings. The Hall–Kier alpha value is -3.81. The Kier molecular flexibility index (Phi) is 6.69. The summed E-state index contributed by atoms with van der Waals surface area (Å²) in [4.78, 5) is 14.8. The van der Waals surface area contributed by atoms with E-state index in [4.69, 9.17) is 9.47 Å². The molecule has 0 saturated carbocycles. The van der Waals surface area contributed by atoms with E-state index in [-0.39, 0.29) is 6.03 Å². The van der Waals surface area contributed by atoms with Crippen LogP contribution < -0.4 is 25.0 Å². The minimum Gasteiger partial charge on any atom is -0.497 e. The van der Waals surface area contributed by atoms with Crippen LogP contribution in [0.4, 0.5) is 22.0 Å². The van der Waals surface area contributed by atoms with E-state index in [0.29, 0.717) is 22.9 Å². The monoisotopic (exact) mass is 433 g/mol. The van der Waals surface area contributed by atoms with Crippen LogP contribution in [0.2, 0.25) is 0 Å². The molecule has 8 nitrogen and oxygen atoms in total. The van der Waals surface area contributed by atoms with Crippen molar-refractivity contribution in [3.05, 3.63) is 54.6 Å². The quantitative estimate of drug-likeness (QED) is 0.581. The molecule has 2 amide bonds. The number of urea groups is 1. The molecule has 3 aromatic rings. The Bertz CT molecular complexity index is 1070. The fourth-order valence-corrected chi connectivity index (χ4v) is 3.71. The molecule has 1 aromatic heterocycles. The second-order valence-electron chi connectivity index (χ2n) is 7.55. The number of piperidine rings is 1. The van der Waals surface area contributed by atoms with Gasteiger partial charge in [0.2, 0.25) is 0 Å². The molecular weight excluding hydrogens is 406 g/mol. The van der Waals surface area contributed by atoms with E-state index in [9.17, 15) is 4.79 Å². The highest BCUT2D eigenvalue weighted by molar-refractivity contribution is 6.01. The van der Waals surface area contributed by atoms with Crippen LogP contribution in [0.3, 0.4) is 0 Å². The van der Waals surface area contributed by atoms with E-state index in [0.717, 1.165) is 30.2 Å². The average molecular weight is 434 g/mol. The lowest BCUT2D eigenvalue weighted by Crippen LogP contribution is -2.30. The number of benzene rings is 2. The van der Waals surface area contributed by atoms with Crippen LogP contribution in [0.5, 0.6) is 11.5 Å². The molecule has 32 heavy (non-hydrogen) atoms. The topological polar surface area (TPSA) is 88.6 Å². The summed E-state index contributed by atoms with van der Waals surface area (Å²) >= 11 is 0. The number of anilines is 3. The van der Waals surface area contributed by atoms with Gasteiger partial charge < -0.3 is 25.0 Å². The highest BCUT2D eigenvalue weighted by Crippen LogP contribution is 2.29. The van der Waals surface area contributed by atoms with E-state index >= 15 is 0 Å². The number of carbonyl (C=O) groups is 1. The van der Waals surface area contributed by atoms with Crippen molar-refractivity contribution >= 4 is 23.2 Å². The zero-order chi connectivity index (χ0) is 22.3. The summed E-state index contributed by atoms with van der Waals surface area (Å²) in [6.45, 7) is 2.06. The lowest BCUT2D eigenvalue weighted by molar-refractivity contribution is 0.262. The van der Waals surface area contributed by atoms with Gasteiger partial charge in [-0.1, -0.05) is 12.1 Å². The first kappa shape index (κ1) is 21.4. The fourth-order valence-electron chi connectivity index (χ4n) is 3.71. The molecule has 0 aliphatic carbocycles. The standard InChI is InChI=1S/C24H27N5O3/c1-31-19-9-10-21(22(16-19)32-2)26-24(30)25-18-8-6-7-17(15-18)20-11-12-23(28-27-20)29-13-4-3-5-14-29/h6-12,15-16H,3-5,13-14H2,1-2H3,(H2,25,26,30). The van der Waals surface area contributed by atoms with Crippen molar-refractivity contribution in [1.29, 1.82) is 0 Å². The van der Waals surface area contributed by atoms with Crippen LogP contribution in [-0.2, 0) is 0 Å². The number of rotatable bonds is 6. The van der Waals surface area contributed by atoms with Crippen molar-refractivity contribution in [2.24, 2.45) is 0 Å². The Morgan fingerprint density at radius 2 is 1.75 bits per heavy atom. The smallest absolute Gasteiger partial charge is 0.323 e. The van der Waals surface area contributed by atoms with Gasteiger partial charge in [0.25, 0.3) is 0 Å². The van der Waals surface area contributed by atoms with E-state index in [1.54, 1.807) is 32.4 Å². The number of methoxy groups -OCH3 is 2. The Morgan fingerprint density at radius 3 is 2.47 bits per heavy atom. The number of hydrogen-bond acceptors (Lipinski definition) is 6. The molecule has 8 heteroatoms. The van der Waals surface area contributed by atoms with Gasteiger partial charge in [0.1, 0.15) is 11.5 Å². The Labute approximate surface area is 187 Å². The maximum absolute atomic E-state index is 12.5. The van der Waals surface area contributed by atoms with Crippen LogP contribution >= 0.6 is 0 Å². The van der Waals surface area contributed by atoms with Gasteiger partial charge in [-0.3, -0.25) is 0 Å². The van der Waals surface area contributed by atoms with Crippen LogP contribution in [-0.4, -0.2) is 43.5 Å². The van der Waals surface area contributed by atoms with Gasteiger partial charge in [0, 0.05) is 30.4 Å². The lowest BCUT2D eigenvalue weighted by Gasteiger charge is -2.27. The first-order chi connectivity index (χ1) is 15.7. The summed E-state index contributed by atoms with van der Waals surface area (Å²) < 4.78 is 10.5. The molecule has 0 radical (unpaired) electrons. The Balaban J connectivity index is 1.43. The van der Waals surface area contributed by atoms with Gasteiger partial charge in [-0.25, -0.2) is 4.79 Å². The molecule has 0 spiro atoms. The lowest BCUT2D eigenvalue weighted by atomic mass is 10.1. The predicted octanol–water partition coefficient (Wildman–Crippen LogP) is 4.80. The molecule has 1 fully saturated rings. The number of nitrogens with zero attached hydrogens (tertiary/aromatic N) is 3. The van der Waals surface area contributed by atoms with Gasteiger partial charge in [-0.2, -0.15) is 0 Å². The molecule has 166 valence electrons. The molecule has 1 saturated heterocycles. The number of nitrogens with one attached hydrogen (secondary N) is 2. The second kappa shape index (κ2) is 10.00. The first-order valence-corrected chi connectivity index (χ1v) is 10.7. The third-order valence-corrected chi connectivity index (χ3v) is 5.40. The summed E-state index contributed by atoms with van der Waals surface area (Å²) in [5.74, 6) is 2.07. The molecular formula is C24H27N5O3. The fraction of sp³-hybridized carbons (Fsp3) is 0.292. The molecule has 0 unspecified atom stereocenters. The molecule has 2 N–H and O–H groups in total. The third-order valence-electron chi connectivity index (χ3n) is 5.40. The summed E-state index contributed by atoms with van der Waals surface area (Å²) in [5, 5.41) is 14.5. The van der Waals surface area contributed by atoms with Crippen LogP contribution in [0.15, 0.2) is 54.6 Å². The molecule has 0 bridgehead atoms. The largest absolute Gasteiger partial charge is 0.497 e. The van der Waals surface area contributed by atoms with E-state index < -0.39 is 0 Å². The van der Waals surface area contributed by atoms with Crippen molar-refractivity contribution in [1.82, 2.24) is 10.2 Å². The van der Waals surface area contributed by atoms with Crippen molar-refractivity contribution < 1.29 is 14.3 Å². The molecule has 2 heterocycles. The zero-order valence-electron chi connectivity index (χ0n) is 18.3. The highest BCUT2D eigenvalue weighted by atomic mass is 16.5. The number of carbonyl (C=O) groups excluding carboxylic acids is 1. The van der Waals surface area contributed by atoms with E-state index in [1.807, 2.05) is 36.4 Å². The molecule has 0 atom stereocenters. The van der Waals surface area contributed by atoms with Crippen molar-refractivity contribution in [2.75, 3.05) is 42.8 Å². The average Bonchev–Trinajstić information content (AvgIpc) is 2.85. The van der Waals surface area contributed by atoms with Gasteiger partial charge in [0.05, 0.1) is 25.6 Å². The third kappa shape index (κ3) is 5.08. The minimum atomic E-state index is -0.378. The van der Waals surface area contributed by atoms with Gasteiger partial charge >= 0.3 is 6.03 Å². The van der Waals surface area contributed by atoms with E-state index in [2.05, 4.69) is 25.7 Å². The summed E-state index contributed by atoms with van der Waals surface area (Å²) in [7, 11) is 3.12. The van der Waals surface area contributed by atoms with Crippen molar-refractivity contribution in [3.8, 4) is 22.8 Å². The van der Waals surface area contributed by atoms with Crippen LogP contribution in [0, 0.1) is 0 Å². The Morgan fingerprint density at radius 1 is 0.906 bits per heavy atom. The second-order valence-corrected chi connectivity index (χ2v) is 7.55. The maximum atomic E-state index is 12.5. The van der Waals surface area contributed by atoms with Gasteiger partial charge in [-0.15, -0.1) is 10.2 Å². The highest BCUT2D eigenvalue weighted by Gasteiger charge is 2.13. The predicted molar refractivity (Wildman–Crippen MR) is 126 cm³/mol. The van der Waals surface area contributed by atoms with Crippen molar-refractivity contribution in [2.45, 2.75) is 19.3 Å². The number of amides is 2. The number of hydrogen-bond donors (Lipinski definition) is 2. The summed E-state index contributed by atoms with van der Waals surface area (Å²) in [5.41, 5.74) is 2.82. The van der Waals surface area contributed by atoms with Gasteiger partial charge in [-0.05, 0) is 55.7 Å². The molecule has 1 aliphatic heterocycles. The molecule has 2 aromatic carbocycles. The zero-order valence-corrected chi connectivity index (χ0v) is 18.3. The normalized spacial score (nSPS) is 13.4. The summed E-state index contributed by atoms with van der Waals surface area (Å²) in [6.07, 6.45) is 3.67. The minimum absolute atomic E-state index is 0.378. The van der Waals surface area contributed by atoms with Crippen LogP contribution in [0.1, 0.15) is 19.3 Å². The van der Waals surface area contributed by atoms with E-state index in [1.165, 1.54) is 19.3 Å². The number of aromatic nitrogens is 2. The summed E-state index contributed by atoms with van der Waals surface area (Å²) in [6, 6.07) is 16.3. The first-order valence-electron chi connectivity index (χ1n) is 10.7.